The SMILES string of the molecule is Cn1cc(C(NC(=O)c2ccc(CN3CCCCC3)cc2)C2CC(O)C2)cn1. The van der Waals surface area contributed by atoms with Gasteiger partial charge in [-0.25, -0.2) is 0 Å². The van der Waals surface area contributed by atoms with Gasteiger partial charge in [0, 0.05) is 30.9 Å². The predicted molar refractivity (Wildman–Crippen MR) is 108 cm³/mol. The molecule has 1 aromatic carbocycles. The second-order valence-corrected chi connectivity index (χ2v) is 8.32. The highest BCUT2D eigenvalue weighted by Crippen LogP contribution is 2.38. The number of aliphatic hydroxyl groups excluding tert-OH is 1. The number of carbonyl (C=O) groups is 1. The van der Waals surface area contributed by atoms with Crippen LogP contribution < -0.4 is 5.32 Å². The maximum absolute atomic E-state index is 12.9. The molecule has 1 atom stereocenters. The number of aryl methyl sites for hydroxylation is 1. The number of nitrogens with zero attached hydrogens (tertiary/aromatic N) is 3. The molecule has 2 fully saturated rings. The summed E-state index contributed by atoms with van der Waals surface area (Å²) < 4.78 is 1.75. The van der Waals surface area contributed by atoms with Crippen molar-refractivity contribution in [3.8, 4) is 0 Å². The van der Waals surface area contributed by atoms with Gasteiger partial charge < -0.3 is 10.4 Å². The molecule has 4 rings (SSSR count). The van der Waals surface area contributed by atoms with E-state index in [1.807, 2.05) is 25.4 Å². The Morgan fingerprint density at radius 2 is 1.93 bits per heavy atom. The number of hydrogen-bond acceptors (Lipinski definition) is 4. The summed E-state index contributed by atoms with van der Waals surface area (Å²) in [4.78, 5) is 15.3. The molecule has 2 aliphatic rings. The molecule has 2 aromatic rings. The lowest BCUT2D eigenvalue weighted by Crippen LogP contribution is -2.41. The molecule has 1 saturated carbocycles. The summed E-state index contributed by atoms with van der Waals surface area (Å²) in [5, 5.41) is 17.1. The number of carbonyl (C=O) groups excluding carboxylic acids is 1. The van der Waals surface area contributed by atoms with Crippen molar-refractivity contribution in [2.24, 2.45) is 13.0 Å². The third kappa shape index (κ3) is 4.45. The molecule has 1 amide bonds. The highest BCUT2D eigenvalue weighted by molar-refractivity contribution is 5.94. The van der Waals surface area contributed by atoms with Crippen molar-refractivity contribution in [3.63, 3.8) is 0 Å². The van der Waals surface area contributed by atoms with Crippen molar-refractivity contribution < 1.29 is 9.90 Å². The van der Waals surface area contributed by atoms with Crippen LogP contribution in [-0.2, 0) is 13.6 Å². The summed E-state index contributed by atoms with van der Waals surface area (Å²) in [5.41, 5.74) is 2.93. The van der Waals surface area contributed by atoms with Crippen molar-refractivity contribution in [1.82, 2.24) is 20.0 Å². The number of aliphatic hydroxyl groups is 1. The minimum absolute atomic E-state index is 0.0697. The van der Waals surface area contributed by atoms with Gasteiger partial charge in [0.05, 0.1) is 18.3 Å². The predicted octanol–water partition coefficient (Wildman–Crippen LogP) is 2.65. The molecule has 1 aromatic heterocycles. The maximum Gasteiger partial charge on any atom is 0.251 e. The Morgan fingerprint density at radius 1 is 1.21 bits per heavy atom. The number of nitrogens with one attached hydrogen (secondary N) is 1. The minimum Gasteiger partial charge on any atom is -0.393 e. The first-order valence-corrected chi connectivity index (χ1v) is 10.4. The van der Waals surface area contributed by atoms with Crippen LogP contribution in [0.25, 0.3) is 0 Å². The number of likely N-dealkylation sites (tertiary alicyclic amines) is 1. The smallest absolute Gasteiger partial charge is 0.251 e. The van der Waals surface area contributed by atoms with E-state index in [0.717, 1.165) is 12.1 Å². The normalized spacial score (nSPS) is 23.8. The third-order valence-electron chi connectivity index (χ3n) is 6.06. The van der Waals surface area contributed by atoms with Gasteiger partial charge in [-0.2, -0.15) is 5.10 Å². The van der Waals surface area contributed by atoms with Gasteiger partial charge in [-0.1, -0.05) is 18.6 Å². The van der Waals surface area contributed by atoms with Gasteiger partial charge >= 0.3 is 0 Å². The van der Waals surface area contributed by atoms with E-state index < -0.39 is 0 Å². The quantitative estimate of drug-likeness (QED) is 0.806. The Morgan fingerprint density at radius 3 is 2.54 bits per heavy atom. The summed E-state index contributed by atoms with van der Waals surface area (Å²) in [6.45, 7) is 3.30. The molecule has 1 aliphatic heterocycles. The van der Waals surface area contributed by atoms with Crippen LogP contribution in [0.15, 0.2) is 36.7 Å². The molecule has 0 bridgehead atoms. The largest absolute Gasteiger partial charge is 0.393 e. The number of benzene rings is 1. The minimum atomic E-state index is -0.254. The van der Waals surface area contributed by atoms with E-state index in [2.05, 4.69) is 27.4 Å². The fourth-order valence-electron chi connectivity index (χ4n) is 4.34. The van der Waals surface area contributed by atoms with Crippen molar-refractivity contribution in [2.75, 3.05) is 13.1 Å². The van der Waals surface area contributed by atoms with Crippen LogP contribution in [0.1, 0.15) is 59.6 Å². The average molecular weight is 383 g/mol. The second kappa shape index (κ2) is 8.45. The topological polar surface area (TPSA) is 70.4 Å². The van der Waals surface area contributed by atoms with E-state index >= 15 is 0 Å². The lowest BCUT2D eigenvalue weighted by molar-refractivity contribution is 0.0235. The van der Waals surface area contributed by atoms with Crippen molar-refractivity contribution in [2.45, 2.75) is 50.8 Å². The zero-order valence-electron chi connectivity index (χ0n) is 16.6. The Labute approximate surface area is 166 Å². The van der Waals surface area contributed by atoms with Gasteiger partial charge in [0.15, 0.2) is 0 Å². The van der Waals surface area contributed by atoms with E-state index in [1.165, 1.54) is 37.9 Å². The summed E-state index contributed by atoms with van der Waals surface area (Å²) in [6, 6.07) is 7.86. The summed E-state index contributed by atoms with van der Waals surface area (Å²) in [7, 11) is 1.87. The maximum atomic E-state index is 12.9. The first kappa shape index (κ1) is 19.2. The standard InChI is InChI=1S/C22H30N4O2/c1-25-15-19(13-23-25)21(18-11-20(27)12-18)24-22(28)17-7-5-16(6-8-17)14-26-9-3-2-4-10-26/h5-8,13,15,18,20-21,27H,2-4,9-12,14H2,1H3,(H,24,28). The number of piperidine rings is 1. The third-order valence-corrected chi connectivity index (χ3v) is 6.06. The Hall–Kier alpha value is -2.18. The molecule has 28 heavy (non-hydrogen) atoms. The summed E-state index contributed by atoms with van der Waals surface area (Å²) in [6.07, 6.45) is 8.83. The molecule has 0 radical (unpaired) electrons. The number of hydrogen-bond donors (Lipinski definition) is 2. The van der Waals surface area contributed by atoms with Crippen molar-refractivity contribution >= 4 is 5.91 Å². The molecule has 1 aliphatic carbocycles. The van der Waals surface area contributed by atoms with Gasteiger partial charge in [0.1, 0.15) is 0 Å². The first-order valence-electron chi connectivity index (χ1n) is 10.4. The van der Waals surface area contributed by atoms with Crippen LogP contribution >= 0.6 is 0 Å². The van der Waals surface area contributed by atoms with Crippen molar-refractivity contribution in [3.05, 3.63) is 53.3 Å². The number of amides is 1. The van der Waals surface area contributed by atoms with Crippen LogP contribution in [-0.4, -0.2) is 44.9 Å². The molecule has 2 N–H and O–H groups in total. The van der Waals surface area contributed by atoms with Gasteiger partial charge in [0.25, 0.3) is 5.91 Å². The van der Waals surface area contributed by atoms with Crippen molar-refractivity contribution in [1.29, 1.82) is 0 Å². The summed E-state index contributed by atoms with van der Waals surface area (Å²) in [5.74, 6) is 0.182. The molecule has 6 nitrogen and oxygen atoms in total. The fourth-order valence-corrected chi connectivity index (χ4v) is 4.34. The molecule has 0 spiro atoms. The van der Waals surface area contributed by atoms with Crippen LogP contribution in [0.3, 0.4) is 0 Å². The molecule has 6 heteroatoms. The van der Waals surface area contributed by atoms with Gasteiger partial charge in [-0.15, -0.1) is 0 Å². The van der Waals surface area contributed by atoms with Crippen LogP contribution in [0.4, 0.5) is 0 Å². The molecule has 1 unspecified atom stereocenters. The van der Waals surface area contributed by atoms with Gasteiger partial charge in [0.2, 0.25) is 0 Å². The van der Waals surface area contributed by atoms with E-state index in [1.54, 1.807) is 10.9 Å². The van der Waals surface area contributed by atoms with E-state index in [0.29, 0.717) is 18.4 Å². The zero-order chi connectivity index (χ0) is 19.5. The van der Waals surface area contributed by atoms with Gasteiger partial charge in [-0.05, 0) is 62.4 Å². The average Bonchev–Trinajstić information content (AvgIpc) is 3.11. The highest BCUT2D eigenvalue weighted by atomic mass is 16.3. The Kier molecular flexibility index (Phi) is 5.78. The van der Waals surface area contributed by atoms with Crippen LogP contribution in [0.2, 0.25) is 0 Å². The molecule has 2 heterocycles. The van der Waals surface area contributed by atoms with Gasteiger partial charge in [-0.3, -0.25) is 14.4 Å². The fraction of sp³-hybridized carbons (Fsp3) is 0.545. The Balaban J connectivity index is 1.40. The monoisotopic (exact) mass is 382 g/mol. The van der Waals surface area contributed by atoms with E-state index in [9.17, 15) is 9.90 Å². The number of rotatable bonds is 6. The molecule has 1 saturated heterocycles. The highest BCUT2D eigenvalue weighted by Gasteiger charge is 2.36. The second-order valence-electron chi connectivity index (χ2n) is 8.32. The van der Waals surface area contributed by atoms with Crippen LogP contribution in [0, 0.1) is 5.92 Å². The van der Waals surface area contributed by atoms with Crippen LogP contribution in [0.5, 0.6) is 0 Å². The van der Waals surface area contributed by atoms with E-state index in [4.69, 9.17) is 0 Å². The molecular formula is C22H30N4O2. The zero-order valence-corrected chi connectivity index (χ0v) is 16.6. The summed E-state index contributed by atoms with van der Waals surface area (Å²) >= 11 is 0. The molecular weight excluding hydrogens is 352 g/mol. The lowest BCUT2D eigenvalue weighted by Gasteiger charge is -2.37. The Bertz CT molecular complexity index is 789. The number of aromatic nitrogens is 2. The molecule has 150 valence electrons. The first-order chi connectivity index (χ1) is 13.6. The lowest BCUT2D eigenvalue weighted by atomic mass is 9.75. The van der Waals surface area contributed by atoms with E-state index in [-0.39, 0.29) is 24.0 Å².